The van der Waals surface area contributed by atoms with Gasteiger partial charge >= 0.3 is 0 Å². The Morgan fingerprint density at radius 3 is 2.29 bits per heavy atom. The van der Waals surface area contributed by atoms with Gasteiger partial charge in [0.05, 0.1) is 18.4 Å². The third kappa shape index (κ3) is 4.59. The summed E-state index contributed by atoms with van der Waals surface area (Å²) in [7, 11) is 1.72. The summed E-state index contributed by atoms with van der Waals surface area (Å²) < 4.78 is 5.53. The number of anilines is 1. The van der Waals surface area contributed by atoms with Crippen molar-refractivity contribution in [3.8, 4) is 5.75 Å². The maximum atomic E-state index is 13.2. The van der Waals surface area contributed by atoms with Crippen molar-refractivity contribution in [1.29, 1.82) is 0 Å². The van der Waals surface area contributed by atoms with E-state index in [4.69, 9.17) is 4.74 Å². The molecule has 0 N–H and O–H groups in total. The van der Waals surface area contributed by atoms with Crippen LogP contribution in [0.5, 0.6) is 5.75 Å². The number of nitrogens with zero attached hydrogens (tertiary/aromatic N) is 3. The Morgan fingerprint density at radius 1 is 0.903 bits per heavy atom. The summed E-state index contributed by atoms with van der Waals surface area (Å²) in [5.74, 6) is 0.822. The van der Waals surface area contributed by atoms with Crippen LogP contribution in [0.1, 0.15) is 40.5 Å². The minimum Gasteiger partial charge on any atom is -0.495 e. The van der Waals surface area contributed by atoms with Crippen LogP contribution in [0, 0.1) is 0 Å². The van der Waals surface area contributed by atoms with Gasteiger partial charge in [-0.3, -0.25) is 14.5 Å². The van der Waals surface area contributed by atoms with Crippen LogP contribution in [0.15, 0.2) is 48.5 Å². The molecule has 2 saturated heterocycles. The lowest BCUT2D eigenvalue weighted by atomic mass is 9.99. The monoisotopic (exact) mass is 421 g/mol. The lowest BCUT2D eigenvalue weighted by Crippen LogP contribution is -2.56. The molecule has 31 heavy (non-hydrogen) atoms. The Morgan fingerprint density at radius 2 is 1.58 bits per heavy atom. The standard InChI is InChI=1S/C25H31N3O3/c1-19(29)21-9-3-4-10-22(21)25(30)28-13-7-8-20(18-28)26-14-16-27(17-15-26)23-11-5-6-12-24(23)31-2/h3-6,9-12,20H,7-8,13-18H2,1-2H3/t20-/m0/s1. The molecule has 2 heterocycles. The van der Waals surface area contributed by atoms with Crippen molar-refractivity contribution in [3.63, 3.8) is 0 Å². The van der Waals surface area contributed by atoms with Gasteiger partial charge in [-0.05, 0) is 38.0 Å². The Labute approximate surface area is 184 Å². The molecule has 6 nitrogen and oxygen atoms in total. The first-order valence-corrected chi connectivity index (χ1v) is 11.1. The first-order valence-electron chi connectivity index (χ1n) is 11.1. The van der Waals surface area contributed by atoms with Crippen LogP contribution in [-0.4, -0.2) is 73.9 Å². The third-order valence-electron chi connectivity index (χ3n) is 6.48. The van der Waals surface area contributed by atoms with E-state index in [-0.39, 0.29) is 11.7 Å². The number of ketones is 1. The number of hydrogen-bond acceptors (Lipinski definition) is 5. The number of amides is 1. The molecule has 2 aromatic rings. The van der Waals surface area contributed by atoms with Crippen molar-refractivity contribution in [2.24, 2.45) is 0 Å². The average Bonchev–Trinajstić information content (AvgIpc) is 2.83. The number of benzene rings is 2. The molecule has 0 unspecified atom stereocenters. The Bertz CT molecular complexity index is 937. The van der Waals surface area contributed by atoms with Crippen LogP contribution in [-0.2, 0) is 0 Å². The number of rotatable bonds is 5. The van der Waals surface area contributed by atoms with E-state index >= 15 is 0 Å². The maximum Gasteiger partial charge on any atom is 0.254 e. The van der Waals surface area contributed by atoms with Crippen LogP contribution < -0.4 is 9.64 Å². The number of likely N-dealkylation sites (tertiary alicyclic amines) is 1. The molecule has 2 aliphatic rings. The first kappa shape index (κ1) is 21.4. The highest BCUT2D eigenvalue weighted by molar-refractivity contribution is 6.07. The molecule has 0 radical (unpaired) electrons. The topological polar surface area (TPSA) is 53.1 Å². The zero-order chi connectivity index (χ0) is 21.8. The van der Waals surface area contributed by atoms with Crippen molar-refractivity contribution in [2.45, 2.75) is 25.8 Å². The number of carbonyl (C=O) groups is 2. The second-order valence-electron chi connectivity index (χ2n) is 8.34. The fraction of sp³-hybridized carbons (Fsp3) is 0.440. The number of piperidine rings is 1. The van der Waals surface area contributed by atoms with Gasteiger partial charge in [0.15, 0.2) is 5.78 Å². The Kier molecular flexibility index (Phi) is 6.56. The van der Waals surface area contributed by atoms with Crippen molar-refractivity contribution in [1.82, 2.24) is 9.80 Å². The van der Waals surface area contributed by atoms with Crippen molar-refractivity contribution >= 4 is 17.4 Å². The van der Waals surface area contributed by atoms with Crippen molar-refractivity contribution in [3.05, 3.63) is 59.7 Å². The number of para-hydroxylation sites is 2. The zero-order valence-electron chi connectivity index (χ0n) is 18.4. The number of hydrogen-bond donors (Lipinski definition) is 0. The molecule has 2 aromatic carbocycles. The highest BCUT2D eigenvalue weighted by Gasteiger charge is 2.31. The summed E-state index contributed by atoms with van der Waals surface area (Å²) >= 11 is 0. The average molecular weight is 422 g/mol. The summed E-state index contributed by atoms with van der Waals surface area (Å²) in [5, 5.41) is 0. The minimum atomic E-state index is -0.0648. The lowest BCUT2D eigenvalue weighted by Gasteiger charge is -2.44. The molecule has 0 aliphatic carbocycles. The lowest BCUT2D eigenvalue weighted by molar-refractivity contribution is 0.0561. The second-order valence-corrected chi connectivity index (χ2v) is 8.34. The summed E-state index contributed by atoms with van der Waals surface area (Å²) in [5.41, 5.74) is 2.18. The van der Waals surface area contributed by atoms with Gasteiger partial charge in [-0.2, -0.15) is 0 Å². The highest BCUT2D eigenvalue weighted by atomic mass is 16.5. The predicted octanol–water partition coefficient (Wildman–Crippen LogP) is 3.32. The van der Waals surface area contributed by atoms with E-state index in [1.807, 2.05) is 35.2 Å². The SMILES string of the molecule is COc1ccccc1N1CCN([C@H]2CCCN(C(=O)c3ccccc3C(C)=O)C2)CC1. The number of methoxy groups -OCH3 is 1. The normalized spacial score (nSPS) is 19.9. The van der Waals surface area contributed by atoms with E-state index in [0.29, 0.717) is 17.2 Å². The second kappa shape index (κ2) is 9.52. The van der Waals surface area contributed by atoms with E-state index in [9.17, 15) is 9.59 Å². The van der Waals surface area contributed by atoms with Crippen LogP contribution in [0.2, 0.25) is 0 Å². The minimum absolute atomic E-state index is 0.0249. The molecule has 2 fully saturated rings. The summed E-state index contributed by atoms with van der Waals surface area (Å²) in [4.78, 5) is 32.0. The molecule has 1 amide bonds. The molecule has 2 aliphatic heterocycles. The van der Waals surface area contributed by atoms with Gasteiger partial charge in [-0.15, -0.1) is 0 Å². The van der Waals surface area contributed by atoms with Crippen molar-refractivity contribution < 1.29 is 14.3 Å². The maximum absolute atomic E-state index is 13.2. The van der Waals surface area contributed by atoms with E-state index < -0.39 is 0 Å². The van der Waals surface area contributed by atoms with Crippen LogP contribution in [0.25, 0.3) is 0 Å². The molecular formula is C25H31N3O3. The van der Waals surface area contributed by atoms with E-state index in [2.05, 4.69) is 15.9 Å². The molecule has 0 spiro atoms. The van der Waals surface area contributed by atoms with Gasteiger partial charge in [-0.1, -0.05) is 30.3 Å². The quantitative estimate of drug-likeness (QED) is 0.694. The number of piperazine rings is 1. The third-order valence-corrected chi connectivity index (χ3v) is 6.48. The molecule has 0 aromatic heterocycles. The molecule has 0 bridgehead atoms. The Balaban J connectivity index is 1.40. The first-order chi connectivity index (χ1) is 15.1. The number of Topliss-reactive ketones (excluding diaryl/α,β-unsaturated/α-hetero) is 1. The summed E-state index contributed by atoms with van der Waals surface area (Å²) in [6.07, 6.45) is 2.10. The van der Waals surface area contributed by atoms with Gasteiger partial charge in [0.25, 0.3) is 5.91 Å². The number of ether oxygens (including phenoxy) is 1. The fourth-order valence-corrected chi connectivity index (χ4v) is 4.80. The van der Waals surface area contributed by atoms with E-state index in [1.165, 1.54) is 6.92 Å². The zero-order valence-corrected chi connectivity index (χ0v) is 18.4. The summed E-state index contributed by atoms with van der Waals surface area (Å²) in [6.45, 7) is 6.81. The molecule has 164 valence electrons. The molecule has 1 atom stereocenters. The van der Waals surface area contributed by atoms with Gasteiger partial charge < -0.3 is 14.5 Å². The van der Waals surface area contributed by atoms with Gasteiger partial charge in [0.1, 0.15) is 5.75 Å². The predicted molar refractivity (Wildman–Crippen MR) is 122 cm³/mol. The Hall–Kier alpha value is -2.86. The van der Waals surface area contributed by atoms with Crippen LogP contribution >= 0.6 is 0 Å². The highest BCUT2D eigenvalue weighted by Crippen LogP contribution is 2.29. The van der Waals surface area contributed by atoms with Gasteiger partial charge in [0, 0.05) is 50.9 Å². The van der Waals surface area contributed by atoms with Crippen LogP contribution in [0.3, 0.4) is 0 Å². The molecular weight excluding hydrogens is 390 g/mol. The van der Waals surface area contributed by atoms with Gasteiger partial charge in [-0.25, -0.2) is 0 Å². The molecule has 6 heteroatoms. The largest absolute Gasteiger partial charge is 0.495 e. The van der Waals surface area contributed by atoms with Gasteiger partial charge in [0.2, 0.25) is 0 Å². The fourth-order valence-electron chi connectivity index (χ4n) is 4.80. The summed E-state index contributed by atoms with van der Waals surface area (Å²) in [6, 6.07) is 15.7. The van der Waals surface area contributed by atoms with Crippen molar-refractivity contribution in [2.75, 3.05) is 51.3 Å². The smallest absolute Gasteiger partial charge is 0.254 e. The molecule has 4 rings (SSSR count). The molecule has 0 saturated carbocycles. The van der Waals surface area contributed by atoms with Crippen LogP contribution in [0.4, 0.5) is 5.69 Å². The van der Waals surface area contributed by atoms with E-state index in [0.717, 1.165) is 63.5 Å². The number of carbonyl (C=O) groups excluding carboxylic acids is 2. The van der Waals surface area contributed by atoms with E-state index in [1.54, 1.807) is 19.2 Å².